The fourth-order valence-electron chi connectivity index (χ4n) is 3.41. The zero-order valence-corrected chi connectivity index (χ0v) is 15.8. The maximum Gasteiger partial charge on any atom is 0.258 e. The van der Waals surface area contributed by atoms with Gasteiger partial charge in [-0.1, -0.05) is 0 Å². The van der Waals surface area contributed by atoms with Crippen LogP contribution in [0.25, 0.3) is 0 Å². The first-order valence-electron chi connectivity index (χ1n) is 8.10. The van der Waals surface area contributed by atoms with Crippen LogP contribution in [-0.2, 0) is 11.3 Å². The van der Waals surface area contributed by atoms with E-state index in [0.717, 1.165) is 17.7 Å². The van der Waals surface area contributed by atoms with Crippen molar-refractivity contribution < 1.29 is 13.9 Å². The first-order chi connectivity index (χ1) is 11.4. The van der Waals surface area contributed by atoms with Gasteiger partial charge in [-0.15, -0.1) is 12.4 Å². The number of amides is 1. The zero-order valence-electron chi connectivity index (χ0n) is 15.0. The third-order valence-corrected chi connectivity index (χ3v) is 4.80. The topological polar surface area (TPSA) is 86.5 Å². The molecule has 0 bridgehead atoms. The van der Waals surface area contributed by atoms with Crippen LogP contribution < -0.4 is 5.73 Å². The summed E-state index contributed by atoms with van der Waals surface area (Å²) < 4.78 is 12.9. The van der Waals surface area contributed by atoms with E-state index in [9.17, 15) is 4.79 Å². The largest absolute Gasteiger partial charge is 0.466 e. The summed E-state index contributed by atoms with van der Waals surface area (Å²) in [5.41, 5.74) is 7.25. The fraction of sp³-hybridized carbons (Fsp3) is 0.529. The molecule has 1 aliphatic heterocycles. The molecule has 2 aromatic heterocycles. The molecular formula is C17H25ClN4O3. The molecule has 3 rings (SSSR count). The molecule has 8 heteroatoms. The number of halogens is 1. The molecule has 1 fully saturated rings. The number of furan rings is 1. The van der Waals surface area contributed by atoms with Crippen LogP contribution >= 0.6 is 12.4 Å². The number of methoxy groups -OCH3 is 1. The van der Waals surface area contributed by atoms with Gasteiger partial charge < -0.3 is 19.8 Å². The number of carbonyl (C=O) groups excluding carboxylic acids is 1. The third-order valence-electron chi connectivity index (χ3n) is 4.80. The monoisotopic (exact) mass is 368 g/mol. The highest BCUT2D eigenvalue weighted by Gasteiger charge is 2.37. The molecule has 2 N–H and O–H groups in total. The lowest BCUT2D eigenvalue weighted by Gasteiger charge is -2.24. The van der Waals surface area contributed by atoms with E-state index in [1.807, 2.05) is 31.9 Å². The molecular weight excluding hydrogens is 344 g/mol. The van der Waals surface area contributed by atoms with Crippen molar-refractivity contribution >= 4 is 24.1 Å². The first-order valence-corrected chi connectivity index (χ1v) is 8.10. The molecule has 1 amide bonds. The average molecular weight is 369 g/mol. The summed E-state index contributed by atoms with van der Waals surface area (Å²) in [6.07, 6.45) is 2.63. The maximum atomic E-state index is 13.1. The van der Waals surface area contributed by atoms with Crippen molar-refractivity contribution in [3.05, 3.63) is 34.9 Å². The smallest absolute Gasteiger partial charge is 0.258 e. The first kappa shape index (κ1) is 19.3. The van der Waals surface area contributed by atoms with Crippen molar-refractivity contribution in [1.82, 2.24) is 14.7 Å². The summed E-state index contributed by atoms with van der Waals surface area (Å²) in [4.78, 5) is 15.0. The summed E-state index contributed by atoms with van der Waals surface area (Å²) in [5.74, 6) is 1.92. The minimum Gasteiger partial charge on any atom is -0.466 e. The van der Waals surface area contributed by atoms with E-state index in [1.54, 1.807) is 17.9 Å². The van der Waals surface area contributed by atoms with Gasteiger partial charge >= 0.3 is 0 Å². The van der Waals surface area contributed by atoms with E-state index >= 15 is 0 Å². The summed E-state index contributed by atoms with van der Waals surface area (Å²) in [6.45, 7) is 6.80. The van der Waals surface area contributed by atoms with E-state index < -0.39 is 0 Å². The second-order valence-electron chi connectivity index (χ2n) is 6.38. The predicted octanol–water partition coefficient (Wildman–Crippen LogP) is 2.34. The van der Waals surface area contributed by atoms with Gasteiger partial charge in [-0.2, -0.15) is 5.10 Å². The van der Waals surface area contributed by atoms with Gasteiger partial charge in [0.25, 0.3) is 5.91 Å². The Morgan fingerprint density at radius 1 is 1.40 bits per heavy atom. The Hall–Kier alpha value is -1.99. The minimum absolute atomic E-state index is 0. The highest BCUT2D eigenvalue weighted by molar-refractivity contribution is 5.97. The lowest BCUT2D eigenvalue weighted by Crippen LogP contribution is -2.39. The number of aryl methyl sites for hydroxylation is 2. The van der Waals surface area contributed by atoms with Crippen molar-refractivity contribution in [3.63, 3.8) is 0 Å². The fourth-order valence-corrected chi connectivity index (χ4v) is 3.41. The van der Waals surface area contributed by atoms with Gasteiger partial charge in [0.05, 0.1) is 24.3 Å². The molecule has 0 saturated carbocycles. The Morgan fingerprint density at radius 3 is 2.64 bits per heavy atom. The highest BCUT2D eigenvalue weighted by Crippen LogP contribution is 2.28. The number of likely N-dealkylation sites (tertiary alicyclic amines) is 1. The quantitative estimate of drug-likeness (QED) is 0.895. The molecule has 3 heterocycles. The Kier molecular flexibility index (Phi) is 5.80. The summed E-state index contributed by atoms with van der Waals surface area (Å²) >= 11 is 0. The van der Waals surface area contributed by atoms with Gasteiger partial charge in [0.15, 0.2) is 0 Å². The third kappa shape index (κ3) is 3.67. The van der Waals surface area contributed by atoms with Gasteiger partial charge in [-0.05, 0) is 33.3 Å². The van der Waals surface area contributed by atoms with Gasteiger partial charge in [0.2, 0.25) is 0 Å². The number of anilines is 1. The molecule has 0 aliphatic carbocycles. The van der Waals surface area contributed by atoms with Crippen molar-refractivity contribution in [3.8, 4) is 0 Å². The molecule has 1 saturated heterocycles. The summed E-state index contributed by atoms with van der Waals surface area (Å²) in [5, 5.41) is 4.23. The number of hydrogen-bond donors (Lipinski definition) is 1. The predicted molar refractivity (Wildman–Crippen MR) is 97.0 cm³/mol. The Labute approximate surface area is 153 Å². The summed E-state index contributed by atoms with van der Waals surface area (Å²) in [6, 6.07) is 1.76. The van der Waals surface area contributed by atoms with Crippen molar-refractivity contribution in [1.29, 1.82) is 0 Å². The number of nitrogen functional groups attached to an aromatic ring is 1. The normalized spacial score (nSPS) is 19.9. The van der Waals surface area contributed by atoms with E-state index in [1.165, 1.54) is 0 Å². The lowest BCUT2D eigenvalue weighted by atomic mass is 10.1. The van der Waals surface area contributed by atoms with E-state index in [4.69, 9.17) is 14.9 Å². The molecule has 0 spiro atoms. The van der Waals surface area contributed by atoms with Crippen LogP contribution in [0.3, 0.4) is 0 Å². The molecule has 0 radical (unpaired) electrons. The standard InChI is InChI=1S/C17H24N4O3.ClH/c1-10-11(2)24-12(3)16(10)17(22)21-9-14(23-4)7-13(21)8-20-6-5-15(18)19-20;/h5-6,13-14H,7-9H2,1-4H3,(H2,18,19);1H/t13-,14-;/m0./s1. The van der Waals surface area contributed by atoms with Gasteiger partial charge in [-0.3, -0.25) is 9.48 Å². The summed E-state index contributed by atoms with van der Waals surface area (Å²) in [7, 11) is 1.68. The number of rotatable bonds is 4. The van der Waals surface area contributed by atoms with E-state index in [0.29, 0.717) is 30.2 Å². The van der Waals surface area contributed by atoms with Crippen LogP contribution in [0, 0.1) is 20.8 Å². The Balaban J connectivity index is 0.00000225. The zero-order chi connectivity index (χ0) is 17.4. The van der Waals surface area contributed by atoms with Gasteiger partial charge in [0, 0.05) is 25.4 Å². The van der Waals surface area contributed by atoms with Crippen LogP contribution in [0.2, 0.25) is 0 Å². The van der Waals surface area contributed by atoms with Crippen LogP contribution in [-0.4, -0.2) is 46.4 Å². The Bertz CT molecular complexity index is 755. The number of hydrogen-bond acceptors (Lipinski definition) is 5. The second kappa shape index (κ2) is 7.49. The maximum absolute atomic E-state index is 13.1. The lowest BCUT2D eigenvalue weighted by molar-refractivity contribution is 0.0676. The van der Waals surface area contributed by atoms with Crippen molar-refractivity contribution in [2.45, 2.75) is 45.9 Å². The molecule has 25 heavy (non-hydrogen) atoms. The van der Waals surface area contributed by atoms with Crippen molar-refractivity contribution in [2.75, 3.05) is 19.4 Å². The number of nitrogens with two attached hydrogens (primary N) is 1. The van der Waals surface area contributed by atoms with Crippen LogP contribution in [0.4, 0.5) is 5.82 Å². The molecule has 7 nitrogen and oxygen atoms in total. The highest BCUT2D eigenvalue weighted by atomic mass is 35.5. The molecule has 2 atom stereocenters. The SMILES string of the molecule is CO[C@H]1C[C@@H](Cn2ccc(N)n2)N(C(=O)c2c(C)oc(C)c2C)C1.Cl. The Morgan fingerprint density at radius 2 is 2.12 bits per heavy atom. The van der Waals surface area contributed by atoms with E-state index in [2.05, 4.69) is 5.10 Å². The number of carbonyl (C=O) groups is 1. The van der Waals surface area contributed by atoms with E-state index in [-0.39, 0.29) is 30.5 Å². The molecule has 0 aromatic carbocycles. The molecule has 2 aromatic rings. The molecule has 0 unspecified atom stereocenters. The number of nitrogens with zero attached hydrogens (tertiary/aromatic N) is 3. The molecule has 138 valence electrons. The van der Waals surface area contributed by atoms with Crippen LogP contribution in [0.1, 0.15) is 33.9 Å². The minimum atomic E-state index is -0.00784. The molecule has 1 aliphatic rings. The average Bonchev–Trinajstić information content (AvgIpc) is 3.19. The van der Waals surface area contributed by atoms with Gasteiger partial charge in [0.1, 0.15) is 17.3 Å². The second-order valence-corrected chi connectivity index (χ2v) is 6.38. The van der Waals surface area contributed by atoms with Crippen LogP contribution in [0.5, 0.6) is 0 Å². The van der Waals surface area contributed by atoms with Gasteiger partial charge in [-0.25, -0.2) is 0 Å². The van der Waals surface area contributed by atoms with Crippen molar-refractivity contribution in [2.24, 2.45) is 0 Å². The number of aromatic nitrogens is 2. The number of ether oxygens (including phenoxy) is 1. The van der Waals surface area contributed by atoms with Crippen LogP contribution in [0.15, 0.2) is 16.7 Å².